The van der Waals surface area contributed by atoms with Gasteiger partial charge in [0.2, 0.25) is 0 Å². The number of carbonyl (C=O) groups excluding carboxylic acids is 1. The van der Waals surface area contributed by atoms with Gasteiger partial charge in [-0.15, -0.1) is 0 Å². The number of hydrogen-bond donors (Lipinski definition) is 0. The molecule has 0 aliphatic rings. The van der Waals surface area contributed by atoms with Crippen LogP contribution in [-0.2, 0) is 13.1 Å². The molecule has 0 aliphatic carbocycles. The smallest absolute Gasteiger partial charge is 0.269 e. The first-order valence-corrected chi connectivity index (χ1v) is 8.22. The van der Waals surface area contributed by atoms with Crippen LogP contribution in [0.4, 0.5) is 5.69 Å². The Morgan fingerprint density at radius 2 is 1.77 bits per heavy atom. The van der Waals surface area contributed by atoms with E-state index < -0.39 is 4.92 Å². The topological polar surface area (TPSA) is 76.6 Å². The number of amides is 1. The first-order chi connectivity index (χ1) is 12.5. The zero-order chi connectivity index (χ0) is 18.5. The Balaban J connectivity index is 1.86. The number of nitrogens with zero attached hydrogens (tertiary/aromatic N) is 2. The highest BCUT2D eigenvalue weighted by Crippen LogP contribution is 2.21. The van der Waals surface area contributed by atoms with E-state index >= 15 is 0 Å². The molecule has 0 spiro atoms. The summed E-state index contributed by atoms with van der Waals surface area (Å²) in [6.07, 6.45) is 1.54. The van der Waals surface area contributed by atoms with Crippen LogP contribution in [0.1, 0.15) is 21.7 Å². The average Bonchev–Trinajstić information content (AvgIpc) is 3.14. The standard InChI is InChI=1S/C19H15ClN2O4/c20-18-6-2-1-5-17(18)19(23)21(13-16-4-3-11-26-16)12-14-7-9-15(10-8-14)22(24)25/h1-11H,12-13H2. The summed E-state index contributed by atoms with van der Waals surface area (Å²) < 4.78 is 5.35. The van der Waals surface area contributed by atoms with E-state index in [0.29, 0.717) is 16.3 Å². The Kier molecular flexibility index (Phi) is 5.34. The van der Waals surface area contributed by atoms with Crippen molar-refractivity contribution in [3.63, 3.8) is 0 Å². The highest BCUT2D eigenvalue weighted by Gasteiger charge is 2.20. The Hall–Kier alpha value is -3.12. The lowest BCUT2D eigenvalue weighted by atomic mass is 10.1. The quantitative estimate of drug-likeness (QED) is 0.466. The monoisotopic (exact) mass is 370 g/mol. The van der Waals surface area contributed by atoms with Gasteiger partial charge in [0, 0.05) is 18.7 Å². The van der Waals surface area contributed by atoms with Crippen LogP contribution < -0.4 is 0 Å². The van der Waals surface area contributed by atoms with Crippen molar-refractivity contribution in [2.45, 2.75) is 13.1 Å². The molecule has 0 bridgehead atoms. The largest absolute Gasteiger partial charge is 0.467 e. The van der Waals surface area contributed by atoms with Gasteiger partial charge in [-0.1, -0.05) is 35.9 Å². The molecule has 2 aromatic carbocycles. The summed E-state index contributed by atoms with van der Waals surface area (Å²) in [5, 5.41) is 11.2. The van der Waals surface area contributed by atoms with Crippen LogP contribution in [0, 0.1) is 10.1 Å². The Morgan fingerprint density at radius 3 is 2.38 bits per heavy atom. The van der Waals surface area contributed by atoms with Crippen molar-refractivity contribution in [1.29, 1.82) is 0 Å². The van der Waals surface area contributed by atoms with Gasteiger partial charge in [0.05, 0.1) is 28.3 Å². The van der Waals surface area contributed by atoms with Gasteiger partial charge in [0.15, 0.2) is 0 Å². The molecule has 0 aliphatic heterocycles. The number of non-ortho nitro benzene ring substituents is 1. The number of nitro benzene ring substituents is 1. The summed E-state index contributed by atoms with van der Waals surface area (Å²) in [6.45, 7) is 0.525. The lowest BCUT2D eigenvalue weighted by Crippen LogP contribution is -2.30. The Morgan fingerprint density at radius 1 is 1.04 bits per heavy atom. The third kappa shape index (κ3) is 4.10. The SMILES string of the molecule is O=C(c1ccccc1Cl)N(Cc1ccc([N+](=O)[O-])cc1)Cc1ccco1. The zero-order valence-electron chi connectivity index (χ0n) is 13.7. The van der Waals surface area contributed by atoms with Crippen LogP contribution in [0.2, 0.25) is 5.02 Å². The normalized spacial score (nSPS) is 10.5. The molecule has 0 radical (unpaired) electrons. The summed E-state index contributed by atoms with van der Waals surface area (Å²) in [5.74, 6) is 0.387. The molecule has 0 fully saturated rings. The van der Waals surface area contributed by atoms with E-state index in [2.05, 4.69) is 0 Å². The van der Waals surface area contributed by atoms with Gasteiger partial charge in [-0.2, -0.15) is 0 Å². The fourth-order valence-electron chi connectivity index (χ4n) is 2.54. The average molecular weight is 371 g/mol. The second-order valence-corrected chi connectivity index (χ2v) is 6.05. The number of halogens is 1. The molecule has 132 valence electrons. The van der Waals surface area contributed by atoms with Gasteiger partial charge in [-0.25, -0.2) is 0 Å². The van der Waals surface area contributed by atoms with Crippen LogP contribution in [-0.4, -0.2) is 15.7 Å². The Labute approximate surface area is 154 Å². The maximum absolute atomic E-state index is 13.0. The molecule has 1 amide bonds. The molecule has 6 nitrogen and oxygen atoms in total. The van der Waals surface area contributed by atoms with Crippen molar-refractivity contribution in [1.82, 2.24) is 4.90 Å². The lowest BCUT2D eigenvalue weighted by molar-refractivity contribution is -0.384. The highest BCUT2D eigenvalue weighted by atomic mass is 35.5. The fraction of sp³-hybridized carbons (Fsp3) is 0.105. The first-order valence-electron chi connectivity index (χ1n) is 7.84. The van der Waals surface area contributed by atoms with Crippen molar-refractivity contribution >= 4 is 23.2 Å². The molecule has 0 atom stereocenters. The summed E-state index contributed by atoms with van der Waals surface area (Å²) >= 11 is 6.16. The summed E-state index contributed by atoms with van der Waals surface area (Å²) in [4.78, 5) is 24.9. The van der Waals surface area contributed by atoms with Crippen molar-refractivity contribution in [3.05, 3.63) is 99.0 Å². The van der Waals surface area contributed by atoms with Gasteiger partial charge in [-0.05, 0) is 29.8 Å². The van der Waals surface area contributed by atoms with Crippen molar-refractivity contribution in [2.24, 2.45) is 0 Å². The number of benzene rings is 2. The molecular formula is C19H15ClN2O4. The third-order valence-corrected chi connectivity index (χ3v) is 4.17. The minimum atomic E-state index is -0.459. The van der Waals surface area contributed by atoms with Crippen LogP contribution in [0.5, 0.6) is 0 Å². The number of furan rings is 1. The van der Waals surface area contributed by atoms with E-state index in [1.54, 1.807) is 59.7 Å². The van der Waals surface area contributed by atoms with Gasteiger partial charge in [-0.3, -0.25) is 14.9 Å². The maximum Gasteiger partial charge on any atom is 0.269 e. The van der Waals surface area contributed by atoms with Gasteiger partial charge in [0.25, 0.3) is 11.6 Å². The van der Waals surface area contributed by atoms with E-state index in [4.69, 9.17) is 16.0 Å². The predicted octanol–water partition coefficient (Wildman–Crippen LogP) is 4.68. The number of hydrogen-bond acceptors (Lipinski definition) is 4. The van der Waals surface area contributed by atoms with Crippen LogP contribution in [0.15, 0.2) is 71.3 Å². The maximum atomic E-state index is 13.0. The second-order valence-electron chi connectivity index (χ2n) is 5.64. The van der Waals surface area contributed by atoms with E-state index in [-0.39, 0.29) is 24.7 Å². The van der Waals surface area contributed by atoms with Crippen molar-refractivity contribution in [3.8, 4) is 0 Å². The molecular weight excluding hydrogens is 356 g/mol. The number of nitro groups is 1. The first kappa shape index (κ1) is 17.7. The molecule has 0 saturated carbocycles. The lowest BCUT2D eigenvalue weighted by Gasteiger charge is -2.22. The molecule has 1 heterocycles. The zero-order valence-corrected chi connectivity index (χ0v) is 14.4. The van der Waals surface area contributed by atoms with Crippen LogP contribution in [0.3, 0.4) is 0 Å². The molecule has 26 heavy (non-hydrogen) atoms. The highest BCUT2D eigenvalue weighted by molar-refractivity contribution is 6.33. The molecule has 3 rings (SSSR count). The van der Waals surface area contributed by atoms with Gasteiger partial charge >= 0.3 is 0 Å². The minimum Gasteiger partial charge on any atom is -0.467 e. The third-order valence-electron chi connectivity index (χ3n) is 3.84. The summed E-state index contributed by atoms with van der Waals surface area (Å²) in [6, 6.07) is 16.5. The summed E-state index contributed by atoms with van der Waals surface area (Å²) in [7, 11) is 0. The van der Waals surface area contributed by atoms with Gasteiger partial charge < -0.3 is 9.32 Å². The predicted molar refractivity (Wildman–Crippen MR) is 96.8 cm³/mol. The Bertz CT molecular complexity index is 908. The fourth-order valence-corrected chi connectivity index (χ4v) is 2.76. The molecule has 1 aromatic heterocycles. The molecule has 7 heteroatoms. The van der Waals surface area contributed by atoms with E-state index in [1.807, 2.05) is 0 Å². The van der Waals surface area contributed by atoms with Crippen LogP contribution >= 0.6 is 11.6 Å². The molecule has 3 aromatic rings. The summed E-state index contributed by atoms with van der Waals surface area (Å²) in [5.41, 5.74) is 1.16. The van der Waals surface area contributed by atoms with E-state index in [0.717, 1.165) is 5.56 Å². The van der Waals surface area contributed by atoms with E-state index in [9.17, 15) is 14.9 Å². The van der Waals surface area contributed by atoms with Gasteiger partial charge in [0.1, 0.15) is 5.76 Å². The molecule has 0 N–H and O–H groups in total. The van der Waals surface area contributed by atoms with Crippen molar-refractivity contribution in [2.75, 3.05) is 0 Å². The van der Waals surface area contributed by atoms with Crippen molar-refractivity contribution < 1.29 is 14.1 Å². The minimum absolute atomic E-state index is 0.00349. The molecule has 0 saturated heterocycles. The molecule has 0 unspecified atom stereocenters. The second kappa shape index (κ2) is 7.84. The number of carbonyl (C=O) groups is 1. The van der Waals surface area contributed by atoms with E-state index in [1.165, 1.54) is 12.1 Å². The van der Waals surface area contributed by atoms with Crippen LogP contribution in [0.25, 0.3) is 0 Å². The number of rotatable bonds is 6.